The molecular weight excluding hydrogens is 377 g/mol. The zero-order valence-electron chi connectivity index (χ0n) is 18.0. The first-order chi connectivity index (χ1) is 14.3. The zero-order valence-corrected chi connectivity index (χ0v) is 18.0. The third-order valence-electron chi connectivity index (χ3n) is 5.79. The van der Waals surface area contributed by atoms with Crippen molar-refractivity contribution in [2.75, 3.05) is 0 Å². The Kier molecular flexibility index (Phi) is 7.11. The van der Waals surface area contributed by atoms with Crippen LogP contribution in [0.4, 0.5) is 0 Å². The number of hydrogen-bond acceptors (Lipinski definition) is 5. The smallest absolute Gasteiger partial charge is 0.526 e. The molecule has 0 spiro atoms. The predicted octanol–water partition coefficient (Wildman–Crippen LogP) is 4.00. The van der Waals surface area contributed by atoms with Crippen LogP contribution < -0.4 is 10.4 Å². The third kappa shape index (κ3) is 5.00. The molecule has 1 heterocycles. The number of carbonyl (C=O) groups is 2. The van der Waals surface area contributed by atoms with Gasteiger partial charge >= 0.3 is 7.12 Å². The number of para-hydroxylation sites is 1. The highest BCUT2D eigenvalue weighted by Gasteiger charge is 2.37. The van der Waals surface area contributed by atoms with Gasteiger partial charge in [-0.1, -0.05) is 38.1 Å². The molecule has 2 aromatic rings. The van der Waals surface area contributed by atoms with Crippen LogP contribution in [0.1, 0.15) is 71.0 Å². The van der Waals surface area contributed by atoms with Crippen LogP contribution in [-0.4, -0.2) is 23.7 Å². The molecule has 1 aliphatic rings. The lowest BCUT2D eigenvalue weighted by atomic mass is 9.64. The number of hydrogen-bond donors (Lipinski definition) is 2. The fourth-order valence-corrected chi connectivity index (χ4v) is 3.97. The molecule has 3 rings (SSSR count). The number of fused-ring (bicyclic) bond motifs is 1. The van der Waals surface area contributed by atoms with Gasteiger partial charge in [0.1, 0.15) is 5.75 Å². The standard InChI is InChI=1S/C24H30BNO4/c1-15(2)7-8-17-11-18(9-10-20(17)14-26)23(28)13-21-12-19-5-4-6-22(16(3)27)24(19)30-25(21)29/h4-6,9-11,15,21,29H,7-8,12-14,26H2,1-3H3/t21-/m1/s1. The topological polar surface area (TPSA) is 89.6 Å². The average Bonchev–Trinajstić information content (AvgIpc) is 2.71. The van der Waals surface area contributed by atoms with E-state index in [-0.39, 0.29) is 23.8 Å². The first-order valence-electron chi connectivity index (χ1n) is 10.6. The Hall–Kier alpha value is -2.44. The van der Waals surface area contributed by atoms with Gasteiger partial charge in [0, 0.05) is 24.3 Å². The minimum Gasteiger partial charge on any atom is -0.535 e. The summed E-state index contributed by atoms with van der Waals surface area (Å²) in [4.78, 5) is 24.8. The van der Waals surface area contributed by atoms with Crippen molar-refractivity contribution in [1.82, 2.24) is 0 Å². The fraction of sp³-hybridized carbons (Fsp3) is 0.417. The molecule has 5 nitrogen and oxygen atoms in total. The van der Waals surface area contributed by atoms with Gasteiger partial charge in [-0.15, -0.1) is 0 Å². The van der Waals surface area contributed by atoms with Gasteiger partial charge in [-0.05, 0) is 60.9 Å². The summed E-state index contributed by atoms with van der Waals surface area (Å²) >= 11 is 0. The predicted molar refractivity (Wildman–Crippen MR) is 119 cm³/mol. The van der Waals surface area contributed by atoms with Crippen molar-refractivity contribution in [2.24, 2.45) is 11.7 Å². The van der Waals surface area contributed by atoms with Gasteiger partial charge in [0.25, 0.3) is 0 Å². The van der Waals surface area contributed by atoms with E-state index in [0.717, 1.165) is 29.5 Å². The lowest BCUT2D eigenvalue weighted by Gasteiger charge is -2.28. The summed E-state index contributed by atoms with van der Waals surface area (Å²) < 4.78 is 5.66. The molecule has 1 atom stereocenters. The summed E-state index contributed by atoms with van der Waals surface area (Å²) in [5, 5.41) is 10.5. The first kappa shape index (κ1) is 22.3. The molecule has 0 radical (unpaired) electrons. The molecule has 3 N–H and O–H groups in total. The molecule has 0 amide bonds. The van der Waals surface area contributed by atoms with E-state index in [1.54, 1.807) is 6.07 Å². The number of Topliss-reactive ketones (excluding diaryl/α,β-unsaturated/α-hetero) is 2. The number of benzene rings is 2. The highest BCUT2D eigenvalue weighted by molar-refractivity contribution is 6.47. The second kappa shape index (κ2) is 9.58. The number of aryl methyl sites for hydroxylation is 1. The van der Waals surface area contributed by atoms with E-state index in [1.807, 2.05) is 30.3 Å². The minimum absolute atomic E-state index is 0.0248. The van der Waals surface area contributed by atoms with Crippen molar-refractivity contribution >= 4 is 18.7 Å². The highest BCUT2D eigenvalue weighted by atomic mass is 16.5. The van der Waals surface area contributed by atoms with Gasteiger partial charge in [-0.3, -0.25) is 9.59 Å². The van der Waals surface area contributed by atoms with E-state index in [0.29, 0.717) is 35.8 Å². The average molecular weight is 407 g/mol. The molecule has 0 aromatic heterocycles. The minimum atomic E-state index is -1.12. The molecule has 2 aromatic carbocycles. The highest BCUT2D eigenvalue weighted by Crippen LogP contribution is 2.37. The maximum atomic E-state index is 13.0. The maximum absolute atomic E-state index is 13.0. The summed E-state index contributed by atoms with van der Waals surface area (Å²) in [6.45, 7) is 6.28. The molecule has 0 bridgehead atoms. The molecule has 0 fully saturated rings. The van der Waals surface area contributed by atoms with Crippen LogP contribution in [0.25, 0.3) is 0 Å². The number of nitrogens with two attached hydrogens (primary N) is 1. The van der Waals surface area contributed by atoms with Crippen LogP contribution in [0.5, 0.6) is 5.75 Å². The molecule has 1 aliphatic heterocycles. The lowest BCUT2D eigenvalue weighted by Crippen LogP contribution is -2.35. The maximum Gasteiger partial charge on any atom is 0.526 e. The Morgan fingerprint density at radius 1 is 1.23 bits per heavy atom. The Morgan fingerprint density at radius 3 is 2.67 bits per heavy atom. The van der Waals surface area contributed by atoms with E-state index in [1.165, 1.54) is 6.92 Å². The quantitative estimate of drug-likeness (QED) is 0.510. The van der Waals surface area contributed by atoms with E-state index in [2.05, 4.69) is 13.8 Å². The van der Waals surface area contributed by atoms with E-state index < -0.39 is 7.12 Å². The van der Waals surface area contributed by atoms with Crippen molar-refractivity contribution in [3.63, 3.8) is 0 Å². The van der Waals surface area contributed by atoms with Gasteiger partial charge in [0.15, 0.2) is 11.6 Å². The number of rotatable bonds is 8. The van der Waals surface area contributed by atoms with Crippen LogP contribution in [0.3, 0.4) is 0 Å². The monoisotopic (exact) mass is 407 g/mol. The molecule has 0 saturated carbocycles. The zero-order chi connectivity index (χ0) is 21.8. The summed E-state index contributed by atoms with van der Waals surface area (Å²) in [5.41, 5.74) is 10.0. The van der Waals surface area contributed by atoms with Crippen LogP contribution in [0, 0.1) is 5.92 Å². The Bertz CT molecular complexity index is 941. The molecule has 0 saturated heterocycles. The number of ketones is 2. The molecule has 6 heteroatoms. The lowest BCUT2D eigenvalue weighted by molar-refractivity contribution is 0.0971. The molecule has 158 valence electrons. The van der Waals surface area contributed by atoms with Crippen molar-refractivity contribution in [3.05, 3.63) is 64.2 Å². The SMILES string of the molecule is CC(=O)c1cccc2c1OB(O)[C@@H](CC(=O)c1ccc(CN)c(CCC(C)C)c1)C2. The van der Waals surface area contributed by atoms with Gasteiger partial charge < -0.3 is 15.4 Å². The Balaban J connectivity index is 1.77. The van der Waals surface area contributed by atoms with Crippen LogP contribution in [-0.2, 0) is 19.4 Å². The van der Waals surface area contributed by atoms with E-state index >= 15 is 0 Å². The van der Waals surface area contributed by atoms with Crippen LogP contribution in [0.2, 0.25) is 5.82 Å². The molecule has 30 heavy (non-hydrogen) atoms. The second-order valence-corrected chi connectivity index (χ2v) is 8.57. The molecule has 0 aliphatic carbocycles. The van der Waals surface area contributed by atoms with Gasteiger partial charge in [0.05, 0.1) is 5.56 Å². The Labute approximate surface area is 178 Å². The second-order valence-electron chi connectivity index (χ2n) is 8.57. The van der Waals surface area contributed by atoms with Crippen LogP contribution >= 0.6 is 0 Å². The number of carbonyl (C=O) groups excluding carboxylic acids is 2. The van der Waals surface area contributed by atoms with Gasteiger partial charge in [-0.2, -0.15) is 0 Å². The van der Waals surface area contributed by atoms with Crippen molar-refractivity contribution in [3.8, 4) is 5.75 Å². The fourth-order valence-electron chi connectivity index (χ4n) is 3.97. The van der Waals surface area contributed by atoms with E-state index in [4.69, 9.17) is 10.4 Å². The third-order valence-corrected chi connectivity index (χ3v) is 5.79. The van der Waals surface area contributed by atoms with Gasteiger partial charge in [0.2, 0.25) is 0 Å². The van der Waals surface area contributed by atoms with Crippen molar-refractivity contribution in [1.29, 1.82) is 0 Å². The van der Waals surface area contributed by atoms with Crippen LogP contribution in [0.15, 0.2) is 36.4 Å². The Morgan fingerprint density at radius 2 is 2.00 bits per heavy atom. The van der Waals surface area contributed by atoms with Crippen molar-refractivity contribution in [2.45, 2.75) is 58.8 Å². The summed E-state index contributed by atoms with van der Waals surface area (Å²) in [6.07, 6.45) is 2.59. The van der Waals surface area contributed by atoms with Gasteiger partial charge in [-0.25, -0.2) is 0 Å². The summed E-state index contributed by atoms with van der Waals surface area (Å²) in [6, 6.07) is 11.1. The molecular formula is C24H30BNO4. The summed E-state index contributed by atoms with van der Waals surface area (Å²) in [7, 11) is -1.12. The summed E-state index contributed by atoms with van der Waals surface area (Å²) in [5.74, 6) is 0.514. The van der Waals surface area contributed by atoms with Crippen molar-refractivity contribution < 1.29 is 19.3 Å². The normalized spacial score (nSPS) is 15.7. The van der Waals surface area contributed by atoms with E-state index in [9.17, 15) is 14.6 Å². The first-order valence-corrected chi connectivity index (χ1v) is 10.6. The largest absolute Gasteiger partial charge is 0.535 e. The molecule has 0 unspecified atom stereocenters.